The van der Waals surface area contributed by atoms with Crippen LogP contribution in [0.2, 0.25) is 5.02 Å². The highest BCUT2D eigenvalue weighted by atomic mass is 35.5. The fourth-order valence-corrected chi connectivity index (χ4v) is 3.87. The summed E-state index contributed by atoms with van der Waals surface area (Å²) in [6.45, 7) is 1.94. The summed E-state index contributed by atoms with van der Waals surface area (Å²) < 4.78 is 16.0. The zero-order valence-corrected chi connectivity index (χ0v) is 14.7. The second-order valence-electron chi connectivity index (χ2n) is 5.39. The van der Waals surface area contributed by atoms with Gasteiger partial charge in [-0.25, -0.2) is 4.39 Å². The molecule has 0 aliphatic carbocycles. The Morgan fingerprint density at radius 2 is 2.17 bits per heavy atom. The van der Waals surface area contributed by atoms with Crippen molar-refractivity contribution in [2.45, 2.75) is 24.4 Å². The number of carbonyl (C=O) groups excluding carboxylic acids is 1. The first-order valence-corrected chi connectivity index (χ1v) is 8.77. The number of aromatic nitrogens is 2. The predicted molar refractivity (Wildman–Crippen MR) is 92.4 cm³/mol. The van der Waals surface area contributed by atoms with Crippen molar-refractivity contribution in [3.05, 3.63) is 50.5 Å². The van der Waals surface area contributed by atoms with E-state index in [1.54, 1.807) is 17.7 Å². The molecule has 5 nitrogen and oxygen atoms in total. The largest absolute Gasteiger partial charge is 0.312 e. The van der Waals surface area contributed by atoms with Gasteiger partial charge in [-0.2, -0.15) is 4.98 Å². The van der Waals surface area contributed by atoms with E-state index in [0.717, 1.165) is 5.75 Å². The van der Waals surface area contributed by atoms with Crippen LogP contribution in [-0.2, 0) is 11.8 Å². The fourth-order valence-electron chi connectivity index (χ4n) is 2.88. The van der Waals surface area contributed by atoms with Crippen LogP contribution in [0.15, 0.2) is 28.2 Å². The lowest BCUT2D eigenvalue weighted by molar-refractivity contribution is -0.116. The Balaban J connectivity index is 2.26. The molecule has 1 atom stereocenters. The van der Waals surface area contributed by atoms with Crippen LogP contribution in [0, 0.1) is 5.82 Å². The van der Waals surface area contributed by atoms with Crippen molar-refractivity contribution in [1.82, 2.24) is 9.55 Å². The van der Waals surface area contributed by atoms with Crippen LogP contribution in [-0.4, -0.2) is 21.2 Å². The molecule has 8 heteroatoms. The van der Waals surface area contributed by atoms with E-state index in [4.69, 9.17) is 11.6 Å². The number of benzene rings is 1. The second-order valence-corrected chi connectivity index (χ2v) is 7.03. The van der Waals surface area contributed by atoms with Gasteiger partial charge in [-0.05, 0) is 17.9 Å². The minimum Gasteiger partial charge on any atom is -0.312 e. The summed E-state index contributed by atoms with van der Waals surface area (Å²) in [6, 6.07) is 4.31. The highest BCUT2D eigenvalue weighted by Gasteiger charge is 2.34. The molecule has 2 aromatic rings. The quantitative estimate of drug-likeness (QED) is 0.668. The van der Waals surface area contributed by atoms with Gasteiger partial charge in [0.2, 0.25) is 5.91 Å². The van der Waals surface area contributed by atoms with Crippen molar-refractivity contribution in [3.8, 4) is 0 Å². The number of rotatable bonds is 3. The van der Waals surface area contributed by atoms with Gasteiger partial charge in [0.25, 0.3) is 5.56 Å². The molecule has 1 amide bonds. The number of halogens is 2. The molecule has 1 aliphatic rings. The third-order valence-electron chi connectivity index (χ3n) is 3.92. The lowest BCUT2D eigenvalue weighted by Crippen LogP contribution is -2.34. The molecular formula is C16H15ClFN3O2S. The van der Waals surface area contributed by atoms with Gasteiger partial charge in [-0.3, -0.25) is 9.59 Å². The Labute approximate surface area is 147 Å². The van der Waals surface area contributed by atoms with E-state index in [1.807, 2.05) is 6.92 Å². The van der Waals surface area contributed by atoms with E-state index in [2.05, 4.69) is 10.3 Å². The van der Waals surface area contributed by atoms with Gasteiger partial charge in [-0.1, -0.05) is 36.4 Å². The van der Waals surface area contributed by atoms with Crippen molar-refractivity contribution < 1.29 is 9.18 Å². The maximum absolute atomic E-state index is 14.3. The van der Waals surface area contributed by atoms with Crippen LogP contribution < -0.4 is 10.9 Å². The van der Waals surface area contributed by atoms with Crippen LogP contribution >= 0.6 is 23.4 Å². The predicted octanol–water partition coefficient (Wildman–Crippen LogP) is 3.16. The monoisotopic (exact) mass is 367 g/mol. The maximum atomic E-state index is 14.3. The smallest absolute Gasteiger partial charge is 0.279 e. The lowest BCUT2D eigenvalue weighted by atomic mass is 9.86. The van der Waals surface area contributed by atoms with Crippen LogP contribution in [0.1, 0.15) is 30.4 Å². The summed E-state index contributed by atoms with van der Waals surface area (Å²) in [6.07, 6.45) is -0.0508. The summed E-state index contributed by atoms with van der Waals surface area (Å²) in [5.74, 6) is -0.501. The molecule has 0 radical (unpaired) electrons. The summed E-state index contributed by atoms with van der Waals surface area (Å²) in [4.78, 5) is 28.8. The average molecular weight is 368 g/mol. The standard InChI is InChI=1S/C16H15ClFN3O2S/c1-3-24-16-20-15(23)13-8(7-11(22)19-14(13)21(16)2)12-9(17)5-4-6-10(12)18/h4-6,8H,3,7H2,1-2H3,(H,19,22)/t8-/m0/s1. The Kier molecular flexibility index (Phi) is 4.64. The molecule has 0 saturated heterocycles. The summed E-state index contributed by atoms with van der Waals surface area (Å²) in [7, 11) is 1.72. The molecule has 3 rings (SSSR count). The maximum Gasteiger partial charge on any atom is 0.279 e. The highest BCUT2D eigenvalue weighted by molar-refractivity contribution is 7.99. The van der Waals surface area contributed by atoms with Crippen molar-refractivity contribution in [3.63, 3.8) is 0 Å². The molecule has 1 N–H and O–H groups in total. The number of nitrogens with zero attached hydrogens (tertiary/aromatic N) is 2. The molecular weight excluding hydrogens is 353 g/mol. The van der Waals surface area contributed by atoms with Crippen LogP contribution in [0.3, 0.4) is 0 Å². The number of amides is 1. The van der Waals surface area contributed by atoms with Crippen LogP contribution in [0.25, 0.3) is 0 Å². The second kappa shape index (κ2) is 6.57. The Bertz CT molecular complexity index is 864. The first-order chi connectivity index (χ1) is 11.4. The Morgan fingerprint density at radius 1 is 1.42 bits per heavy atom. The van der Waals surface area contributed by atoms with Crippen molar-refractivity contribution >= 4 is 35.1 Å². The summed E-state index contributed by atoms with van der Waals surface area (Å²) in [5, 5.41) is 3.40. The number of anilines is 1. The van der Waals surface area contributed by atoms with Crippen LogP contribution in [0.5, 0.6) is 0 Å². The third kappa shape index (κ3) is 2.82. The number of carbonyl (C=O) groups is 1. The van der Waals surface area contributed by atoms with Crippen molar-refractivity contribution in [1.29, 1.82) is 0 Å². The number of hydrogen-bond acceptors (Lipinski definition) is 4. The van der Waals surface area contributed by atoms with E-state index < -0.39 is 17.3 Å². The summed E-state index contributed by atoms with van der Waals surface area (Å²) in [5.41, 5.74) is -0.0435. The molecule has 0 spiro atoms. The van der Waals surface area contributed by atoms with Gasteiger partial charge in [0, 0.05) is 30.0 Å². The minimum absolute atomic E-state index is 0.0508. The van der Waals surface area contributed by atoms with Gasteiger partial charge < -0.3 is 9.88 Å². The van der Waals surface area contributed by atoms with E-state index in [0.29, 0.717) is 11.0 Å². The molecule has 0 bridgehead atoms. The molecule has 1 aromatic carbocycles. The zero-order chi connectivity index (χ0) is 17.4. The number of fused-ring (bicyclic) bond motifs is 1. The van der Waals surface area contributed by atoms with E-state index in [-0.39, 0.29) is 28.5 Å². The number of nitrogens with one attached hydrogen (secondary N) is 1. The zero-order valence-electron chi connectivity index (χ0n) is 13.1. The van der Waals surface area contributed by atoms with Gasteiger partial charge in [0.1, 0.15) is 11.6 Å². The Morgan fingerprint density at radius 3 is 2.83 bits per heavy atom. The lowest BCUT2D eigenvalue weighted by Gasteiger charge is -2.28. The SMILES string of the molecule is CCSc1nc(=O)c2c(n1C)NC(=O)C[C@H]2c1c(F)cccc1Cl. The Hall–Kier alpha value is -1.86. The van der Waals surface area contributed by atoms with E-state index >= 15 is 0 Å². The van der Waals surface area contributed by atoms with E-state index in [1.165, 1.54) is 23.9 Å². The fraction of sp³-hybridized carbons (Fsp3) is 0.312. The number of hydrogen-bond donors (Lipinski definition) is 1. The number of thioether (sulfide) groups is 1. The van der Waals surface area contributed by atoms with Gasteiger partial charge in [0.15, 0.2) is 5.16 Å². The minimum atomic E-state index is -0.755. The third-order valence-corrected chi connectivity index (χ3v) is 5.16. The molecule has 2 heterocycles. The first-order valence-electron chi connectivity index (χ1n) is 7.41. The molecule has 126 valence electrons. The first kappa shape index (κ1) is 17.0. The summed E-state index contributed by atoms with van der Waals surface area (Å²) >= 11 is 7.54. The van der Waals surface area contributed by atoms with Crippen molar-refractivity contribution in [2.24, 2.45) is 7.05 Å². The van der Waals surface area contributed by atoms with Gasteiger partial charge >= 0.3 is 0 Å². The normalized spacial score (nSPS) is 16.7. The average Bonchev–Trinajstić information content (AvgIpc) is 2.52. The molecule has 0 fully saturated rings. The topological polar surface area (TPSA) is 64.0 Å². The van der Waals surface area contributed by atoms with Crippen LogP contribution in [0.4, 0.5) is 10.2 Å². The molecule has 1 aliphatic heterocycles. The van der Waals surface area contributed by atoms with Gasteiger partial charge in [-0.15, -0.1) is 0 Å². The molecule has 24 heavy (non-hydrogen) atoms. The molecule has 0 saturated carbocycles. The van der Waals surface area contributed by atoms with E-state index in [9.17, 15) is 14.0 Å². The van der Waals surface area contributed by atoms with Gasteiger partial charge in [0.05, 0.1) is 5.56 Å². The molecule has 1 aromatic heterocycles. The molecule has 0 unspecified atom stereocenters. The highest BCUT2D eigenvalue weighted by Crippen LogP contribution is 2.39. The van der Waals surface area contributed by atoms with Crippen molar-refractivity contribution in [2.75, 3.05) is 11.1 Å².